The van der Waals surface area contributed by atoms with Gasteiger partial charge in [-0.05, 0) is 29.8 Å². The van der Waals surface area contributed by atoms with Crippen molar-refractivity contribution in [3.05, 3.63) is 60.2 Å². The van der Waals surface area contributed by atoms with Gasteiger partial charge in [0.1, 0.15) is 0 Å². The lowest BCUT2D eigenvalue weighted by atomic mass is 10.1. The first kappa shape index (κ1) is 11.8. The predicted molar refractivity (Wildman–Crippen MR) is 68.7 cm³/mol. The number of alkyl halides is 3. The van der Waals surface area contributed by atoms with Crippen molar-refractivity contribution in [1.29, 1.82) is 0 Å². The molecule has 96 valence electrons. The van der Waals surface area contributed by atoms with Gasteiger partial charge in [0, 0.05) is 16.6 Å². The van der Waals surface area contributed by atoms with E-state index in [9.17, 15) is 13.2 Å². The first-order chi connectivity index (χ1) is 9.04. The molecule has 0 aliphatic rings. The fourth-order valence-electron chi connectivity index (χ4n) is 2.08. The van der Waals surface area contributed by atoms with Gasteiger partial charge in [-0.1, -0.05) is 30.3 Å². The molecule has 0 saturated heterocycles. The quantitative estimate of drug-likeness (QED) is 0.644. The monoisotopic (exact) mass is 261 g/mol. The van der Waals surface area contributed by atoms with Crippen LogP contribution in [0.5, 0.6) is 0 Å². The summed E-state index contributed by atoms with van der Waals surface area (Å²) in [4.78, 5) is 3.12. The molecule has 0 fully saturated rings. The first-order valence-electron chi connectivity index (χ1n) is 5.79. The van der Waals surface area contributed by atoms with Gasteiger partial charge in [0.2, 0.25) is 0 Å². The van der Waals surface area contributed by atoms with Crippen LogP contribution in [0.4, 0.5) is 13.2 Å². The van der Waals surface area contributed by atoms with Crippen molar-refractivity contribution in [3.8, 4) is 11.3 Å². The van der Waals surface area contributed by atoms with E-state index in [-0.39, 0.29) is 0 Å². The number of aromatic amines is 1. The fraction of sp³-hybridized carbons (Fsp3) is 0.0667. The molecule has 3 rings (SSSR count). The highest BCUT2D eigenvalue weighted by Gasteiger charge is 2.30. The first-order valence-corrected chi connectivity index (χ1v) is 5.79. The number of nitrogens with one attached hydrogen (secondary N) is 1. The third-order valence-electron chi connectivity index (χ3n) is 3.03. The van der Waals surface area contributed by atoms with Crippen LogP contribution in [0, 0.1) is 0 Å². The Labute approximate surface area is 107 Å². The number of halogens is 3. The van der Waals surface area contributed by atoms with Crippen LogP contribution in [-0.4, -0.2) is 4.98 Å². The topological polar surface area (TPSA) is 15.8 Å². The van der Waals surface area contributed by atoms with Crippen LogP contribution in [0.1, 0.15) is 5.56 Å². The van der Waals surface area contributed by atoms with E-state index >= 15 is 0 Å². The molecule has 0 bridgehead atoms. The second-order valence-corrected chi connectivity index (χ2v) is 4.35. The lowest BCUT2D eigenvalue weighted by Gasteiger charge is -2.05. The highest BCUT2D eigenvalue weighted by molar-refractivity contribution is 5.86. The van der Waals surface area contributed by atoms with E-state index in [0.29, 0.717) is 10.9 Å². The minimum atomic E-state index is -4.31. The maximum Gasteiger partial charge on any atom is 0.416 e. The summed E-state index contributed by atoms with van der Waals surface area (Å²) >= 11 is 0. The summed E-state index contributed by atoms with van der Waals surface area (Å²) in [6.07, 6.45) is -4.31. The summed E-state index contributed by atoms with van der Waals surface area (Å²) in [6, 6.07) is 15.0. The highest BCUT2D eigenvalue weighted by atomic mass is 19.4. The molecule has 1 N–H and O–H groups in total. The van der Waals surface area contributed by atoms with Crippen molar-refractivity contribution < 1.29 is 13.2 Å². The Morgan fingerprint density at radius 1 is 0.842 bits per heavy atom. The van der Waals surface area contributed by atoms with Crippen LogP contribution < -0.4 is 0 Å². The highest BCUT2D eigenvalue weighted by Crippen LogP contribution is 2.32. The standard InChI is InChI=1S/C15H10F3N/c16-15(17,18)12-6-7-13-11(8-12)9-14(19-13)10-4-2-1-3-5-10/h1-9,19H. The van der Waals surface area contributed by atoms with E-state index in [1.807, 2.05) is 30.3 Å². The third kappa shape index (κ3) is 2.21. The predicted octanol–water partition coefficient (Wildman–Crippen LogP) is 4.85. The van der Waals surface area contributed by atoms with Gasteiger partial charge in [0.15, 0.2) is 0 Å². The van der Waals surface area contributed by atoms with Gasteiger partial charge in [-0.15, -0.1) is 0 Å². The minimum Gasteiger partial charge on any atom is -0.355 e. The molecule has 0 aliphatic heterocycles. The summed E-state index contributed by atoms with van der Waals surface area (Å²) in [5.41, 5.74) is 1.84. The van der Waals surface area contributed by atoms with Crippen LogP contribution in [0.3, 0.4) is 0 Å². The average molecular weight is 261 g/mol. The number of rotatable bonds is 1. The minimum absolute atomic E-state index is 0.564. The number of hydrogen-bond acceptors (Lipinski definition) is 0. The molecule has 1 aromatic heterocycles. The Kier molecular flexibility index (Phi) is 2.59. The zero-order valence-corrected chi connectivity index (χ0v) is 9.83. The normalized spacial score (nSPS) is 11.9. The van der Waals surface area contributed by atoms with E-state index in [4.69, 9.17) is 0 Å². The summed E-state index contributed by atoms with van der Waals surface area (Å²) in [5, 5.41) is 0.564. The molecular formula is C15H10F3N. The van der Waals surface area contributed by atoms with Crippen molar-refractivity contribution in [3.63, 3.8) is 0 Å². The van der Waals surface area contributed by atoms with Gasteiger partial charge >= 0.3 is 6.18 Å². The van der Waals surface area contributed by atoms with Gasteiger partial charge in [-0.2, -0.15) is 13.2 Å². The van der Waals surface area contributed by atoms with Crippen LogP contribution in [-0.2, 0) is 6.18 Å². The molecular weight excluding hydrogens is 251 g/mol. The van der Waals surface area contributed by atoms with Crippen molar-refractivity contribution in [2.45, 2.75) is 6.18 Å². The summed E-state index contributed by atoms with van der Waals surface area (Å²) in [6.45, 7) is 0. The van der Waals surface area contributed by atoms with Crippen LogP contribution in [0.25, 0.3) is 22.2 Å². The lowest BCUT2D eigenvalue weighted by Crippen LogP contribution is -2.03. The molecule has 1 heterocycles. The molecule has 19 heavy (non-hydrogen) atoms. The van der Waals surface area contributed by atoms with Crippen LogP contribution >= 0.6 is 0 Å². The molecule has 1 nitrogen and oxygen atoms in total. The summed E-state index contributed by atoms with van der Waals surface area (Å²) in [5.74, 6) is 0. The number of benzene rings is 2. The average Bonchev–Trinajstić information content (AvgIpc) is 2.81. The van der Waals surface area contributed by atoms with Crippen molar-refractivity contribution in [2.75, 3.05) is 0 Å². The van der Waals surface area contributed by atoms with E-state index in [2.05, 4.69) is 4.98 Å². The zero-order valence-electron chi connectivity index (χ0n) is 9.83. The lowest BCUT2D eigenvalue weighted by molar-refractivity contribution is -0.137. The zero-order chi connectivity index (χ0) is 13.5. The molecule has 3 aromatic rings. The largest absolute Gasteiger partial charge is 0.416 e. The maximum absolute atomic E-state index is 12.6. The maximum atomic E-state index is 12.6. The van der Waals surface area contributed by atoms with Gasteiger partial charge in [0.25, 0.3) is 0 Å². The Morgan fingerprint density at radius 2 is 1.58 bits per heavy atom. The van der Waals surface area contributed by atoms with Gasteiger partial charge in [-0.3, -0.25) is 0 Å². The molecule has 0 atom stereocenters. The molecule has 0 amide bonds. The van der Waals surface area contributed by atoms with Gasteiger partial charge in [0.05, 0.1) is 5.56 Å². The Morgan fingerprint density at radius 3 is 2.26 bits per heavy atom. The Hall–Kier alpha value is -2.23. The smallest absolute Gasteiger partial charge is 0.355 e. The molecule has 0 radical (unpaired) electrons. The van der Waals surface area contributed by atoms with Crippen LogP contribution in [0.15, 0.2) is 54.6 Å². The third-order valence-corrected chi connectivity index (χ3v) is 3.03. The van der Waals surface area contributed by atoms with E-state index in [0.717, 1.165) is 23.4 Å². The fourth-order valence-corrected chi connectivity index (χ4v) is 2.08. The van der Waals surface area contributed by atoms with Crippen molar-refractivity contribution in [2.24, 2.45) is 0 Å². The molecule has 2 aromatic carbocycles. The SMILES string of the molecule is FC(F)(F)c1ccc2[nH]c(-c3ccccc3)cc2c1. The number of aromatic nitrogens is 1. The van der Waals surface area contributed by atoms with Crippen LogP contribution in [0.2, 0.25) is 0 Å². The summed E-state index contributed by atoms with van der Waals surface area (Å²) < 4.78 is 37.9. The number of H-pyrrole nitrogens is 1. The Balaban J connectivity index is 2.12. The second-order valence-electron chi connectivity index (χ2n) is 4.35. The molecule has 0 spiro atoms. The molecule has 0 unspecified atom stereocenters. The van der Waals surface area contributed by atoms with Crippen molar-refractivity contribution >= 4 is 10.9 Å². The second kappa shape index (κ2) is 4.16. The van der Waals surface area contributed by atoms with E-state index in [1.165, 1.54) is 6.07 Å². The summed E-state index contributed by atoms with van der Waals surface area (Å²) in [7, 11) is 0. The van der Waals surface area contributed by atoms with Gasteiger partial charge < -0.3 is 4.98 Å². The molecule has 0 aliphatic carbocycles. The molecule has 4 heteroatoms. The molecule has 0 saturated carbocycles. The van der Waals surface area contributed by atoms with Crippen molar-refractivity contribution in [1.82, 2.24) is 4.98 Å². The van der Waals surface area contributed by atoms with Gasteiger partial charge in [-0.25, -0.2) is 0 Å². The number of hydrogen-bond donors (Lipinski definition) is 1. The van der Waals surface area contributed by atoms with E-state index in [1.54, 1.807) is 6.07 Å². The number of fused-ring (bicyclic) bond motifs is 1. The Bertz CT molecular complexity index is 711. The van der Waals surface area contributed by atoms with E-state index < -0.39 is 11.7 Å².